The number of hydrogen-bond acceptors (Lipinski definition) is 3. The van der Waals surface area contributed by atoms with Crippen LogP contribution in [0, 0.1) is 5.92 Å². The third kappa shape index (κ3) is 4.91. The van der Waals surface area contributed by atoms with Gasteiger partial charge in [0.2, 0.25) is 10.0 Å². The lowest BCUT2D eigenvalue weighted by Gasteiger charge is -2.35. The first-order chi connectivity index (χ1) is 15.2. The SMILES string of the molecule is O=C(NC(c1ccccc1)C1CC1)N1CCN(S(=O)(=O)c2cccc(C(F)(F)F)c2)CC1. The van der Waals surface area contributed by atoms with Gasteiger partial charge in [0.25, 0.3) is 0 Å². The Labute approximate surface area is 185 Å². The third-order valence-corrected chi connectivity index (χ3v) is 7.75. The molecule has 2 aromatic rings. The molecule has 0 bridgehead atoms. The second kappa shape index (κ2) is 8.74. The van der Waals surface area contributed by atoms with E-state index >= 15 is 0 Å². The summed E-state index contributed by atoms with van der Waals surface area (Å²) in [5.74, 6) is 0.393. The number of alkyl halides is 3. The molecule has 4 rings (SSSR count). The topological polar surface area (TPSA) is 69.7 Å². The first-order valence-corrected chi connectivity index (χ1v) is 11.9. The van der Waals surface area contributed by atoms with Crippen LogP contribution in [0.5, 0.6) is 0 Å². The van der Waals surface area contributed by atoms with Crippen molar-refractivity contribution in [3.05, 3.63) is 65.7 Å². The van der Waals surface area contributed by atoms with Gasteiger partial charge in [0, 0.05) is 26.2 Å². The molecule has 6 nitrogen and oxygen atoms in total. The van der Waals surface area contributed by atoms with Crippen LogP contribution < -0.4 is 5.32 Å². The average molecular weight is 468 g/mol. The standard InChI is InChI=1S/C22H24F3N3O3S/c23-22(24,25)18-7-4-8-19(15-18)32(30,31)28-13-11-27(12-14-28)21(29)26-20(17-9-10-17)16-5-2-1-3-6-16/h1-8,15,17,20H,9-14H2,(H,26,29). The highest BCUT2D eigenvalue weighted by Gasteiger charge is 2.37. The van der Waals surface area contributed by atoms with E-state index in [4.69, 9.17) is 0 Å². The van der Waals surface area contributed by atoms with Crippen LogP contribution in [0.25, 0.3) is 0 Å². The molecule has 10 heteroatoms. The first-order valence-electron chi connectivity index (χ1n) is 10.4. The number of piperazine rings is 1. The third-order valence-electron chi connectivity index (χ3n) is 5.86. The maximum Gasteiger partial charge on any atom is 0.416 e. The molecule has 2 aliphatic rings. The van der Waals surface area contributed by atoms with Crippen LogP contribution in [-0.2, 0) is 16.2 Å². The van der Waals surface area contributed by atoms with Gasteiger partial charge in [-0.1, -0.05) is 36.4 Å². The average Bonchev–Trinajstić information content (AvgIpc) is 3.63. The summed E-state index contributed by atoms with van der Waals surface area (Å²) in [5, 5.41) is 3.07. The number of benzene rings is 2. The van der Waals surface area contributed by atoms with E-state index in [1.807, 2.05) is 30.3 Å². The molecule has 2 amide bonds. The highest BCUT2D eigenvalue weighted by molar-refractivity contribution is 7.89. The molecule has 1 saturated carbocycles. The van der Waals surface area contributed by atoms with Gasteiger partial charge >= 0.3 is 12.2 Å². The minimum atomic E-state index is -4.63. The van der Waals surface area contributed by atoms with Crippen molar-refractivity contribution < 1.29 is 26.4 Å². The van der Waals surface area contributed by atoms with Gasteiger partial charge < -0.3 is 10.2 Å². The predicted molar refractivity (Wildman–Crippen MR) is 112 cm³/mol. The molecule has 1 heterocycles. The Morgan fingerprint density at radius 3 is 2.22 bits per heavy atom. The van der Waals surface area contributed by atoms with E-state index in [1.165, 1.54) is 0 Å². The van der Waals surface area contributed by atoms with Crippen molar-refractivity contribution in [2.75, 3.05) is 26.2 Å². The van der Waals surface area contributed by atoms with Crippen molar-refractivity contribution in [2.24, 2.45) is 5.92 Å². The zero-order chi connectivity index (χ0) is 22.9. The lowest BCUT2D eigenvalue weighted by atomic mass is 10.0. The summed E-state index contributed by atoms with van der Waals surface area (Å²) in [6.07, 6.45) is -2.54. The second-order valence-electron chi connectivity index (χ2n) is 8.09. The first kappa shape index (κ1) is 22.6. The molecule has 32 heavy (non-hydrogen) atoms. The zero-order valence-corrected chi connectivity index (χ0v) is 18.1. The van der Waals surface area contributed by atoms with Gasteiger partial charge in [0.15, 0.2) is 0 Å². The number of sulfonamides is 1. The zero-order valence-electron chi connectivity index (χ0n) is 17.3. The molecule has 1 aliphatic heterocycles. The molecule has 1 aliphatic carbocycles. The largest absolute Gasteiger partial charge is 0.416 e. The Balaban J connectivity index is 1.40. The molecule has 172 valence electrons. The van der Waals surface area contributed by atoms with E-state index in [9.17, 15) is 26.4 Å². The lowest BCUT2D eigenvalue weighted by molar-refractivity contribution is -0.137. The molecule has 1 saturated heterocycles. The smallest absolute Gasteiger partial charge is 0.331 e. The maximum atomic E-state index is 13.0. The summed E-state index contributed by atoms with van der Waals surface area (Å²) in [7, 11) is -4.09. The second-order valence-corrected chi connectivity index (χ2v) is 10.0. The van der Waals surface area contributed by atoms with E-state index in [2.05, 4.69) is 5.32 Å². The predicted octanol–water partition coefficient (Wildman–Crippen LogP) is 3.87. The molecule has 1 atom stereocenters. The number of nitrogens with one attached hydrogen (secondary N) is 1. The fourth-order valence-electron chi connectivity index (χ4n) is 3.90. The molecule has 0 radical (unpaired) electrons. The van der Waals surface area contributed by atoms with Gasteiger partial charge in [0.05, 0.1) is 16.5 Å². The summed E-state index contributed by atoms with van der Waals surface area (Å²) in [6, 6.07) is 13.1. The van der Waals surface area contributed by atoms with E-state index in [-0.39, 0.29) is 38.3 Å². The van der Waals surface area contributed by atoms with E-state index in [0.717, 1.165) is 40.9 Å². The minimum Gasteiger partial charge on any atom is -0.331 e. The maximum absolute atomic E-state index is 13.0. The lowest BCUT2D eigenvalue weighted by Crippen LogP contribution is -2.53. The quantitative estimate of drug-likeness (QED) is 0.726. The highest BCUT2D eigenvalue weighted by atomic mass is 32.2. The number of carbonyl (C=O) groups excluding carboxylic acids is 1. The Kier molecular flexibility index (Phi) is 6.17. The van der Waals surface area contributed by atoms with Gasteiger partial charge in [-0.05, 0) is 42.5 Å². The number of rotatable bonds is 5. The normalized spacial score (nSPS) is 18.9. The molecule has 0 aromatic heterocycles. The number of carbonyl (C=O) groups is 1. The van der Waals surface area contributed by atoms with Gasteiger partial charge in [-0.15, -0.1) is 0 Å². The van der Waals surface area contributed by atoms with Crippen molar-refractivity contribution in [2.45, 2.75) is 30.0 Å². The van der Waals surface area contributed by atoms with Crippen molar-refractivity contribution in [1.82, 2.24) is 14.5 Å². The van der Waals surface area contributed by atoms with Crippen molar-refractivity contribution in [3.8, 4) is 0 Å². The Bertz CT molecular complexity index is 1060. The molecule has 1 unspecified atom stereocenters. The summed E-state index contributed by atoms with van der Waals surface area (Å²) >= 11 is 0. The monoisotopic (exact) mass is 467 g/mol. The minimum absolute atomic E-state index is 0.0193. The summed E-state index contributed by atoms with van der Waals surface area (Å²) in [4.78, 5) is 14.0. The summed E-state index contributed by atoms with van der Waals surface area (Å²) in [5.41, 5.74) is 0.0257. The number of amides is 2. The molecule has 0 spiro atoms. The fraction of sp³-hybridized carbons (Fsp3) is 0.409. The fourth-order valence-corrected chi connectivity index (χ4v) is 5.37. The van der Waals surface area contributed by atoms with Crippen LogP contribution in [-0.4, -0.2) is 49.8 Å². The van der Waals surface area contributed by atoms with Gasteiger partial charge in [-0.3, -0.25) is 0 Å². The number of halogens is 3. The number of urea groups is 1. The molecule has 2 aromatic carbocycles. The van der Waals surface area contributed by atoms with Gasteiger partial charge in [-0.25, -0.2) is 13.2 Å². The molecular formula is C22H24F3N3O3S. The van der Waals surface area contributed by atoms with Crippen LogP contribution in [0.1, 0.15) is 30.0 Å². The van der Waals surface area contributed by atoms with E-state index in [1.54, 1.807) is 4.90 Å². The molecule has 2 fully saturated rings. The summed E-state index contributed by atoms with van der Waals surface area (Å²) < 4.78 is 65.7. The van der Waals surface area contributed by atoms with E-state index in [0.29, 0.717) is 12.0 Å². The summed E-state index contributed by atoms with van der Waals surface area (Å²) in [6.45, 7) is 0.364. The van der Waals surface area contributed by atoms with Crippen LogP contribution in [0.4, 0.5) is 18.0 Å². The highest BCUT2D eigenvalue weighted by Crippen LogP contribution is 2.41. The van der Waals surface area contributed by atoms with Crippen molar-refractivity contribution in [3.63, 3.8) is 0 Å². The van der Waals surface area contributed by atoms with Crippen molar-refractivity contribution >= 4 is 16.1 Å². The van der Waals surface area contributed by atoms with Crippen molar-refractivity contribution in [1.29, 1.82) is 0 Å². The van der Waals surface area contributed by atoms with Gasteiger partial charge in [-0.2, -0.15) is 17.5 Å². The van der Waals surface area contributed by atoms with Crippen LogP contribution in [0.3, 0.4) is 0 Å². The van der Waals surface area contributed by atoms with Crippen LogP contribution >= 0.6 is 0 Å². The Hall–Kier alpha value is -2.59. The van der Waals surface area contributed by atoms with Crippen LogP contribution in [0.2, 0.25) is 0 Å². The Morgan fingerprint density at radius 1 is 0.969 bits per heavy atom. The van der Waals surface area contributed by atoms with E-state index < -0.39 is 26.7 Å². The molecular weight excluding hydrogens is 443 g/mol. The Morgan fingerprint density at radius 2 is 1.62 bits per heavy atom. The number of hydrogen-bond donors (Lipinski definition) is 1. The van der Waals surface area contributed by atoms with Crippen LogP contribution in [0.15, 0.2) is 59.5 Å². The molecule has 1 N–H and O–H groups in total. The number of nitrogens with zero attached hydrogens (tertiary/aromatic N) is 2. The van der Waals surface area contributed by atoms with Gasteiger partial charge in [0.1, 0.15) is 0 Å².